The van der Waals surface area contributed by atoms with Crippen molar-refractivity contribution in [2.45, 2.75) is 56.1 Å². The number of aliphatic hydroxyl groups is 1. The lowest BCUT2D eigenvalue weighted by molar-refractivity contribution is 0.0768. The summed E-state index contributed by atoms with van der Waals surface area (Å²) in [5.74, 6) is -0.163. The largest absolute Gasteiger partial charge is 0.391 e. The molecule has 1 amide bonds. The van der Waals surface area contributed by atoms with E-state index in [2.05, 4.69) is 4.72 Å². The Morgan fingerprint density at radius 2 is 2.04 bits per heavy atom. The summed E-state index contributed by atoms with van der Waals surface area (Å²) < 4.78 is 28.0. The summed E-state index contributed by atoms with van der Waals surface area (Å²) in [6.45, 7) is 3.24. The highest BCUT2D eigenvalue weighted by Crippen LogP contribution is 2.22. The normalized spacial score (nSPS) is 24.2. The van der Waals surface area contributed by atoms with Crippen molar-refractivity contribution in [2.75, 3.05) is 13.1 Å². The molecule has 1 fully saturated rings. The van der Waals surface area contributed by atoms with E-state index in [4.69, 9.17) is 0 Å². The van der Waals surface area contributed by atoms with Crippen LogP contribution in [0.2, 0.25) is 0 Å². The van der Waals surface area contributed by atoms with E-state index >= 15 is 0 Å². The zero-order valence-electron chi connectivity index (χ0n) is 15.0. The van der Waals surface area contributed by atoms with Crippen molar-refractivity contribution < 1.29 is 18.3 Å². The Labute approximate surface area is 155 Å². The van der Waals surface area contributed by atoms with E-state index in [1.807, 2.05) is 13.0 Å². The molecule has 1 saturated carbocycles. The number of amides is 1. The van der Waals surface area contributed by atoms with Gasteiger partial charge in [0.1, 0.15) is 0 Å². The van der Waals surface area contributed by atoms with Gasteiger partial charge >= 0.3 is 0 Å². The lowest BCUT2D eigenvalue weighted by Gasteiger charge is -2.28. The summed E-state index contributed by atoms with van der Waals surface area (Å²) >= 11 is 0. The highest BCUT2D eigenvalue weighted by molar-refractivity contribution is 7.89. The first-order chi connectivity index (χ1) is 12.4. The lowest BCUT2D eigenvalue weighted by atomic mass is 9.93. The number of benzene rings is 1. The van der Waals surface area contributed by atoms with Crippen LogP contribution in [0.1, 0.15) is 49.4 Å². The molecule has 26 heavy (non-hydrogen) atoms. The van der Waals surface area contributed by atoms with E-state index in [1.54, 1.807) is 17.0 Å². The number of hydrogen-bond acceptors (Lipinski definition) is 4. The van der Waals surface area contributed by atoms with Crippen LogP contribution in [0.25, 0.3) is 0 Å². The van der Waals surface area contributed by atoms with Gasteiger partial charge in [-0.25, -0.2) is 13.1 Å². The number of carbonyl (C=O) groups excluding carboxylic acids is 1. The summed E-state index contributed by atoms with van der Waals surface area (Å²) in [5.41, 5.74) is 1.63. The van der Waals surface area contributed by atoms with E-state index in [-0.39, 0.29) is 10.8 Å². The summed E-state index contributed by atoms with van der Waals surface area (Å²) in [5, 5.41) is 10.0. The molecule has 1 aromatic rings. The number of rotatable bonds is 4. The van der Waals surface area contributed by atoms with Gasteiger partial charge in [0.2, 0.25) is 10.0 Å². The molecular formula is C19H26N2O4S. The molecule has 2 aliphatic rings. The Morgan fingerprint density at radius 3 is 2.73 bits per heavy atom. The Balaban J connectivity index is 1.76. The van der Waals surface area contributed by atoms with Crippen LogP contribution in [0, 0.1) is 0 Å². The van der Waals surface area contributed by atoms with Crippen molar-refractivity contribution in [3.8, 4) is 0 Å². The molecule has 0 radical (unpaired) electrons. The van der Waals surface area contributed by atoms with E-state index in [9.17, 15) is 18.3 Å². The maximum absolute atomic E-state index is 12.7. The monoisotopic (exact) mass is 378 g/mol. The van der Waals surface area contributed by atoms with Crippen LogP contribution in [-0.4, -0.2) is 49.6 Å². The SMILES string of the molecule is CC1=CCN(C(=O)c2cccc(S(=O)(=O)N[C@H]3CCCC[C@@H]3O)c2)CC1. The van der Waals surface area contributed by atoms with Crippen LogP contribution in [0.5, 0.6) is 0 Å². The third-order valence-electron chi connectivity index (χ3n) is 5.15. The number of hydrogen-bond donors (Lipinski definition) is 2. The van der Waals surface area contributed by atoms with E-state index in [1.165, 1.54) is 17.7 Å². The van der Waals surface area contributed by atoms with E-state index < -0.39 is 22.2 Å². The van der Waals surface area contributed by atoms with Gasteiger partial charge in [0, 0.05) is 24.7 Å². The summed E-state index contributed by atoms with van der Waals surface area (Å²) in [7, 11) is -3.78. The Morgan fingerprint density at radius 1 is 1.27 bits per heavy atom. The van der Waals surface area contributed by atoms with Crippen LogP contribution < -0.4 is 4.72 Å². The molecule has 1 heterocycles. The quantitative estimate of drug-likeness (QED) is 0.785. The number of sulfonamides is 1. The zero-order chi connectivity index (χ0) is 18.7. The highest BCUT2D eigenvalue weighted by atomic mass is 32.2. The molecule has 3 rings (SSSR count). The summed E-state index contributed by atoms with van der Waals surface area (Å²) in [4.78, 5) is 14.4. The Kier molecular flexibility index (Phi) is 5.79. The maximum Gasteiger partial charge on any atom is 0.254 e. The van der Waals surface area contributed by atoms with Crippen molar-refractivity contribution in [2.24, 2.45) is 0 Å². The molecular weight excluding hydrogens is 352 g/mol. The van der Waals surface area contributed by atoms with Crippen molar-refractivity contribution >= 4 is 15.9 Å². The zero-order valence-corrected chi connectivity index (χ0v) is 15.8. The van der Waals surface area contributed by atoms with Gasteiger partial charge in [-0.2, -0.15) is 0 Å². The molecule has 0 aromatic heterocycles. The van der Waals surface area contributed by atoms with Crippen molar-refractivity contribution in [1.82, 2.24) is 9.62 Å². The van der Waals surface area contributed by atoms with Crippen molar-refractivity contribution in [3.05, 3.63) is 41.5 Å². The first kappa shape index (κ1) is 19.1. The van der Waals surface area contributed by atoms with Crippen LogP contribution in [0.15, 0.2) is 40.8 Å². The second-order valence-electron chi connectivity index (χ2n) is 7.16. The van der Waals surface area contributed by atoms with Crippen molar-refractivity contribution in [1.29, 1.82) is 0 Å². The average Bonchev–Trinajstić information content (AvgIpc) is 2.64. The molecule has 1 aliphatic heterocycles. The fraction of sp³-hybridized carbons (Fsp3) is 0.526. The second-order valence-corrected chi connectivity index (χ2v) is 8.87. The number of carbonyl (C=O) groups is 1. The molecule has 0 saturated heterocycles. The van der Waals surface area contributed by atoms with Crippen LogP contribution in [0.3, 0.4) is 0 Å². The molecule has 7 heteroatoms. The Bertz CT molecular complexity index is 804. The minimum absolute atomic E-state index is 0.0601. The van der Waals surface area contributed by atoms with E-state index in [0.29, 0.717) is 31.5 Å². The molecule has 0 spiro atoms. The minimum Gasteiger partial charge on any atom is -0.391 e. The van der Waals surface area contributed by atoms with Crippen LogP contribution >= 0.6 is 0 Å². The molecule has 2 N–H and O–H groups in total. The summed E-state index contributed by atoms with van der Waals surface area (Å²) in [6.07, 6.45) is 5.23. The fourth-order valence-electron chi connectivity index (χ4n) is 3.45. The van der Waals surface area contributed by atoms with Gasteiger partial charge in [-0.15, -0.1) is 0 Å². The van der Waals surface area contributed by atoms with Gasteiger partial charge in [-0.05, 0) is 44.4 Å². The first-order valence-electron chi connectivity index (χ1n) is 9.12. The number of nitrogens with one attached hydrogen (secondary N) is 1. The molecule has 1 aliphatic carbocycles. The maximum atomic E-state index is 12.7. The first-order valence-corrected chi connectivity index (χ1v) is 10.6. The van der Waals surface area contributed by atoms with Gasteiger partial charge in [0.15, 0.2) is 0 Å². The van der Waals surface area contributed by atoms with E-state index in [0.717, 1.165) is 19.3 Å². The summed E-state index contributed by atoms with van der Waals surface area (Å²) in [6, 6.07) is 5.66. The standard InChI is InChI=1S/C19H26N2O4S/c1-14-9-11-21(12-10-14)19(23)15-5-4-6-16(13-15)26(24,25)20-17-7-2-3-8-18(17)22/h4-6,9,13,17-18,20,22H,2-3,7-8,10-12H2,1H3/t17-,18-/m0/s1. The highest BCUT2D eigenvalue weighted by Gasteiger charge is 2.28. The lowest BCUT2D eigenvalue weighted by Crippen LogP contribution is -2.45. The fourth-order valence-corrected chi connectivity index (χ4v) is 4.80. The predicted molar refractivity (Wildman–Crippen MR) is 99.3 cm³/mol. The third-order valence-corrected chi connectivity index (χ3v) is 6.64. The molecule has 1 aromatic carbocycles. The molecule has 6 nitrogen and oxygen atoms in total. The third kappa shape index (κ3) is 4.34. The number of aliphatic hydroxyl groups excluding tert-OH is 1. The van der Waals surface area contributed by atoms with Gasteiger partial charge < -0.3 is 10.0 Å². The molecule has 142 valence electrons. The van der Waals surface area contributed by atoms with Gasteiger partial charge in [-0.1, -0.05) is 30.6 Å². The Hall–Kier alpha value is -1.70. The predicted octanol–water partition coefficient (Wildman–Crippen LogP) is 2.06. The van der Waals surface area contributed by atoms with Gasteiger partial charge in [0.05, 0.1) is 11.0 Å². The average molecular weight is 378 g/mol. The van der Waals surface area contributed by atoms with Gasteiger partial charge in [-0.3, -0.25) is 4.79 Å². The van der Waals surface area contributed by atoms with Crippen molar-refractivity contribution in [3.63, 3.8) is 0 Å². The molecule has 2 atom stereocenters. The molecule has 0 bridgehead atoms. The topological polar surface area (TPSA) is 86.7 Å². The minimum atomic E-state index is -3.78. The van der Waals surface area contributed by atoms with Crippen LogP contribution in [-0.2, 0) is 10.0 Å². The van der Waals surface area contributed by atoms with Crippen LogP contribution in [0.4, 0.5) is 0 Å². The molecule has 0 unspecified atom stereocenters. The van der Waals surface area contributed by atoms with Gasteiger partial charge in [0.25, 0.3) is 5.91 Å². The number of nitrogens with zero attached hydrogens (tertiary/aromatic N) is 1. The smallest absolute Gasteiger partial charge is 0.254 e. The second kappa shape index (κ2) is 7.90.